The fraction of sp³-hybridized carbons (Fsp3) is 0.214. The van der Waals surface area contributed by atoms with E-state index in [9.17, 15) is 4.79 Å². The third-order valence-corrected chi connectivity index (χ3v) is 3.21. The number of hydrogen-bond donors (Lipinski definition) is 0. The van der Waals surface area contributed by atoms with Crippen LogP contribution in [0.3, 0.4) is 0 Å². The van der Waals surface area contributed by atoms with Crippen LogP contribution in [-0.2, 0) is 0 Å². The van der Waals surface area contributed by atoms with Crippen LogP contribution >= 0.6 is 11.6 Å². The molecule has 0 fully saturated rings. The van der Waals surface area contributed by atoms with Gasteiger partial charge in [0, 0.05) is 18.1 Å². The standard InChI is InChI=1S/C14H12ClN3O/c1-2-18(8-7-16)14(19)12-9-17-13(15)11-6-4-3-5-10(11)12/h3-6,9H,2,8H2,1H3. The Balaban J connectivity index is 2.54. The van der Waals surface area contributed by atoms with Crippen molar-refractivity contribution in [3.63, 3.8) is 0 Å². The Morgan fingerprint density at radius 2 is 2.11 bits per heavy atom. The molecule has 5 heteroatoms. The highest BCUT2D eigenvalue weighted by molar-refractivity contribution is 6.34. The topological polar surface area (TPSA) is 57.0 Å². The van der Waals surface area contributed by atoms with Gasteiger partial charge in [0.2, 0.25) is 0 Å². The summed E-state index contributed by atoms with van der Waals surface area (Å²) in [6.07, 6.45) is 1.47. The van der Waals surface area contributed by atoms with Crippen molar-refractivity contribution in [3.05, 3.63) is 41.2 Å². The fourth-order valence-electron chi connectivity index (χ4n) is 1.91. The number of carbonyl (C=O) groups is 1. The van der Waals surface area contributed by atoms with Crippen molar-refractivity contribution < 1.29 is 4.79 Å². The van der Waals surface area contributed by atoms with E-state index in [0.717, 1.165) is 10.8 Å². The number of benzene rings is 1. The highest BCUT2D eigenvalue weighted by atomic mass is 35.5. The molecular weight excluding hydrogens is 262 g/mol. The van der Waals surface area contributed by atoms with Crippen molar-refractivity contribution in [2.24, 2.45) is 0 Å². The number of amides is 1. The van der Waals surface area contributed by atoms with Gasteiger partial charge in [0.15, 0.2) is 0 Å². The Kier molecular flexibility index (Phi) is 3.98. The van der Waals surface area contributed by atoms with Crippen LogP contribution in [0.1, 0.15) is 17.3 Å². The van der Waals surface area contributed by atoms with E-state index in [-0.39, 0.29) is 12.5 Å². The first-order valence-electron chi connectivity index (χ1n) is 5.88. The summed E-state index contributed by atoms with van der Waals surface area (Å²) in [5.74, 6) is -0.204. The average molecular weight is 274 g/mol. The summed E-state index contributed by atoms with van der Waals surface area (Å²) in [6, 6.07) is 9.33. The number of pyridine rings is 1. The van der Waals surface area contributed by atoms with E-state index < -0.39 is 0 Å². The summed E-state index contributed by atoms with van der Waals surface area (Å²) in [4.78, 5) is 17.9. The zero-order valence-electron chi connectivity index (χ0n) is 10.4. The molecule has 0 N–H and O–H groups in total. The molecule has 1 aromatic carbocycles. The molecule has 0 aliphatic rings. The number of aromatic nitrogens is 1. The maximum atomic E-state index is 12.4. The third kappa shape index (κ3) is 2.51. The van der Waals surface area contributed by atoms with Crippen LogP contribution in [0.4, 0.5) is 0 Å². The predicted molar refractivity (Wildman–Crippen MR) is 73.9 cm³/mol. The lowest BCUT2D eigenvalue weighted by Gasteiger charge is -2.18. The van der Waals surface area contributed by atoms with Gasteiger partial charge in [0.1, 0.15) is 11.7 Å². The Morgan fingerprint density at radius 1 is 1.42 bits per heavy atom. The van der Waals surface area contributed by atoms with E-state index in [1.54, 1.807) is 0 Å². The molecule has 2 rings (SSSR count). The Labute approximate surface area is 116 Å². The molecule has 0 aliphatic heterocycles. The normalized spacial score (nSPS) is 10.2. The summed E-state index contributed by atoms with van der Waals surface area (Å²) in [5, 5.41) is 10.6. The zero-order valence-corrected chi connectivity index (χ0v) is 11.2. The number of rotatable bonds is 3. The molecule has 0 saturated carbocycles. The molecule has 0 spiro atoms. The van der Waals surface area contributed by atoms with Gasteiger partial charge in [-0.3, -0.25) is 4.79 Å². The quantitative estimate of drug-likeness (QED) is 0.638. The summed E-state index contributed by atoms with van der Waals surface area (Å²) >= 11 is 6.02. The van der Waals surface area contributed by atoms with Crippen LogP contribution in [0.25, 0.3) is 10.8 Å². The minimum atomic E-state index is -0.204. The first-order valence-corrected chi connectivity index (χ1v) is 6.26. The molecule has 1 amide bonds. The van der Waals surface area contributed by atoms with Crippen molar-refractivity contribution >= 4 is 28.3 Å². The molecule has 1 aromatic heterocycles. The highest BCUT2D eigenvalue weighted by Gasteiger charge is 2.17. The van der Waals surface area contributed by atoms with Gasteiger partial charge in [-0.25, -0.2) is 4.98 Å². The summed E-state index contributed by atoms with van der Waals surface area (Å²) in [6.45, 7) is 2.37. The first-order chi connectivity index (χ1) is 9.19. The van der Waals surface area contributed by atoms with Crippen molar-refractivity contribution in [1.29, 1.82) is 5.26 Å². The minimum Gasteiger partial charge on any atom is -0.326 e. The van der Waals surface area contributed by atoms with E-state index in [4.69, 9.17) is 16.9 Å². The Hall–Kier alpha value is -2.12. The van der Waals surface area contributed by atoms with Crippen molar-refractivity contribution in [1.82, 2.24) is 9.88 Å². The van der Waals surface area contributed by atoms with E-state index in [1.807, 2.05) is 37.3 Å². The third-order valence-electron chi connectivity index (χ3n) is 2.91. The second kappa shape index (κ2) is 5.68. The number of nitrogens with zero attached hydrogens (tertiary/aromatic N) is 3. The number of nitriles is 1. The molecule has 0 unspecified atom stereocenters. The van der Waals surface area contributed by atoms with Crippen molar-refractivity contribution in [2.75, 3.05) is 13.1 Å². The molecule has 0 bridgehead atoms. The van der Waals surface area contributed by atoms with Gasteiger partial charge >= 0.3 is 0 Å². The Morgan fingerprint density at radius 3 is 2.74 bits per heavy atom. The number of halogens is 1. The largest absolute Gasteiger partial charge is 0.326 e. The fourth-order valence-corrected chi connectivity index (χ4v) is 2.13. The van der Waals surface area contributed by atoms with E-state index in [0.29, 0.717) is 17.3 Å². The predicted octanol–water partition coefficient (Wildman–Crippen LogP) is 2.87. The SMILES string of the molecule is CCN(CC#N)C(=O)c1cnc(Cl)c2ccccc12. The average Bonchev–Trinajstić information content (AvgIpc) is 2.45. The lowest BCUT2D eigenvalue weighted by molar-refractivity contribution is 0.0786. The van der Waals surface area contributed by atoms with Crippen LogP contribution in [-0.4, -0.2) is 28.9 Å². The second-order valence-corrected chi connectivity index (χ2v) is 4.34. The summed E-state index contributed by atoms with van der Waals surface area (Å²) in [7, 11) is 0. The van der Waals surface area contributed by atoms with Gasteiger partial charge in [-0.1, -0.05) is 35.9 Å². The smallest absolute Gasteiger partial charge is 0.256 e. The van der Waals surface area contributed by atoms with E-state index in [1.165, 1.54) is 11.1 Å². The molecule has 19 heavy (non-hydrogen) atoms. The summed E-state index contributed by atoms with van der Waals surface area (Å²) in [5.41, 5.74) is 0.470. The van der Waals surface area contributed by atoms with Gasteiger partial charge in [-0.05, 0) is 12.3 Å². The second-order valence-electron chi connectivity index (χ2n) is 3.99. The van der Waals surface area contributed by atoms with Gasteiger partial charge in [-0.15, -0.1) is 0 Å². The first kappa shape index (κ1) is 13.3. The van der Waals surface area contributed by atoms with Crippen LogP contribution in [0.5, 0.6) is 0 Å². The van der Waals surface area contributed by atoms with Crippen LogP contribution in [0, 0.1) is 11.3 Å². The molecule has 96 valence electrons. The lowest BCUT2D eigenvalue weighted by atomic mass is 10.1. The molecule has 2 aromatic rings. The highest BCUT2D eigenvalue weighted by Crippen LogP contribution is 2.24. The van der Waals surface area contributed by atoms with Crippen molar-refractivity contribution in [3.8, 4) is 6.07 Å². The van der Waals surface area contributed by atoms with Gasteiger partial charge < -0.3 is 4.90 Å². The van der Waals surface area contributed by atoms with Crippen LogP contribution < -0.4 is 0 Å². The Bertz CT molecular complexity index is 663. The molecular formula is C14H12ClN3O. The molecule has 4 nitrogen and oxygen atoms in total. The zero-order chi connectivity index (χ0) is 13.8. The van der Waals surface area contributed by atoms with E-state index in [2.05, 4.69) is 4.98 Å². The molecule has 0 saturated heterocycles. The molecule has 0 radical (unpaired) electrons. The number of fused-ring (bicyclic) bond motifs is 1. The van der Waals surface area contributed by atoms with Gasteiger partial charge in [0.25, 0.3) is 5.91 Å². The van der Waals surface area contributed by atoms with Gasteiger partial charge in [0.05, 0.1) is 11.6 Å². The maximum absolute atomic E-state index is 12.4. The number of carbonyl (C=O) groups excluding carboxylic acids is 1. The minimum absolute atomic E-state index is 0.0618. The lowest BCUT2D eigenvalue weighted by Crippen LogP contribution is -2.31. The molecule has 1 heterocycles. The molecule has 0 atom stereocenters. The monoisotopic (exact) mass is 273 g/mol. The van der Waals surface area contributed by atoms with Crippen LogP contribution in [0.2, 0.25) is 5.15 Å². The maximum Gasteiger partial charge on any atom is 0.256 e. The summed E-state index contributed by atoms with van der Waals surface area (Å²) < 4.78 is 0. The number of hydrogen-bond acceptors (Lipinski definition) is 3. The van der Waals surface area contributed by atoms with Gasteiger partial charge in [-0.2, -0.15) is 5.26 Å². The van der Waals surface area contributed by atoms with Crippen LogP contribution in [0.15, 0.2) is 30.5 Å². The molecule has 0 aliphatic carbocycles. The van der Waals surface area contributed by atoms with Crippen molar-refractivity contribution in [2.45, 2.75) is 6.92 Å². The van der Waals surface area contributed by atoms with E-state index >= 15 is 0 Å².